The third-order valence-corrected chi connectivity index (χ3v) is 5.53. The van der Waals surface area contributed by atoms with E-state index in [4.69, 9.17) is 9.47 Å². The largest absolute Gasteiger partial charge is 0.493 e. The topological polar surface area (TPSA) is 98.2 Å². The number of H-pyrrole nitrogens is 1. The van der Waals surface area contributed by atoms with Crippen LogP contribution in [0.25, 0.3) is 21.9 Å². The molecule has 0 spiro atoms. The Bertz CT molecular complexity index is 1330. The second-order valence-electron chi connectivity index (χ2n) is 7.01. The molecule has 160 valence electrons. The summed E-state index contributed by atoms with van der Waals surface area (Å²) in [4.78, 5) is 32.7. The Kier molecular flexibility index (Phi) is 5.94. The Morgan fingerprint density at radius 1 is 1.16 bits per heavy atom. The molecule has 2 aromatic heterocycles. The van der Waals surface area contributed by atoms with Crippen molar-refractivity contribution in [2.24, 2.45) is 0 Å². The van der Waals surface area contributed by atoms with Crippen molar-refractivity contribution < 1.29 is 14.3 Å². The van der Waals surface area contributed by atoms with Gasteiger partial charge >= 0.3 is 0 Å². The van der Waals surface area contributed by atoms with Crippen LogP contribution in [0.4, 0.5) is 0 Å². The highest BCUT2D eigenvalue weighted by molar-refractivity contribution is 9.10. The Morgan fingerprint density at radius 3 is 2.74 bits per heavy atom. The van der Waals surface area contributed by atoms with Gasteiger partial charge in [-0.05, 0) is 42.3 Å². The molecule has 0 aliphatic heterocycles. The molecule has 1 amide bonds. The maximum atomic E-state index is 12.8. The van der Waals surface area contributed by atoms with E-state index >= 15 is 0 Å². The van der Waals surface area contributed by atoms with Gasteiger partial charge in [0.05, 0.1) is 20.5 Å². The number of rotatable bonds is 7. The maximum absolute atomic E-state index is 12.8. The third-order valence-electron chi connectivity index (χ3n) is 5.03. The zero-order chi connectivity index (χ0) is 22.0. The van der Waals surface area contributed by atoms with Gasteiger partial charge in [0.1, 0.15) is 17.6 Å². The van der Waals surface area contributed by atoms with Gasteiger partial charge in [-0.1, -0.05) is 22.0 Å². The van der Waals surface area contributed by atoms with Gasteiger partial charge in [-0.15, -0.1) is 0 Å². The van der Waals surface area contributed by atoms with Crippen molar-refractivity contribution >= 4 is 43.8 Å². The predicted octanol–water partition coefficient (Wildman–Crippen LogP) is 3.02. The number of carbonyl (C=O) groups excluding carboxylic acids is 1. The van der Waals surface area contributed by atoms with E-state index in [0.717, 1.165) is 20.9 Å². The first-order chi connectivity index (χ1) is 15.0. The number of methoxy groups -OCH3 is 2. The van der Waals surface area contributed by atoms with Gasteiger partial charge in [0.2, 0.25) is 5.91 Å². The number of hydrogen-bond donors (Lipinski definition) is 2. The minimum Gasteiger partial charge on any atom is -0.493 e. The molecular formula is C22H21BrN4O4. The lowest BCUT2D eigenvalue weighted by atomic mass is 10.1. The lowest BCUT2D eigenvalue weighted by molar-refractivity contribution is -0.121. The molecule has 0 atom stereocenters. The van der Waals surface area contributed by atoms with Crippen LogP contribution in [0.3, 0.4) is 0 Å². The number of halogens is 1. The fourth-order valence-corrected chi connectivity index (χ4v) is 3.83. The first-order valence-corrected chi connectivity index (χ1v) is 10.4. The van der Waals surface area contributed by atoms with Gasteiger partial charge in [0.15, 0.2) is 11.5 Å². The highest BCUT2D eigenvalue weighted by Crippen LogP contribution is 2.27. The number of amides is 1. The number of aromatic nitrogens is 3. The van der Waals surface area contributed by atoms with Gasteiger partial charge in [-0.2, -0.15) is 0 Å². The summed E-state index contributed by atoms with van der Waals surface area (Å²) in [5.74, 6) is 1.03. The quantitative estimate of drug-likeness (QED) is 0.420. The summed E-state index contributed by atoms with van der Waals surface area (Å²) in [6.45, 7) is 0.325. The SMILES string of the molecule is COc1ccc(CCNC(=O)Cn2cnc3c([nH]c4ccc(Br)cc43)c2=O)cc1OC. The summed E-state index contributed by atoms with van der Waals surface area (Å²) in [5, 5.41) is 3.69. The fourth-order valence-electron chi connectivity index (χ4n) is 3.47. The summed E-state index contributed by atoms with van der Waals surface area (Å²) in [6, 6.07) is 11.3. The Hall–Kier alpha value is -3.33. The smallest absolute Gasteiger partial charge is 0.278 e. The Morgan fingerprint density at radius 2 is 1.97 bits per heavy atom. The Balaban J connectivity index is 1.43. The Labute approximate surface area is 186 Å². The number of ether oxygens (including phenoxy) is 2. The van der Waals surface area contributed by atoms with Crippen LogP contribution >= 0.6 is 15.9 Å². The monoisotopic (exact) mass is 484 g/mol. The van der Waals surface area contributed by atoms with Crippen LogP contribution < -0.4 is 20.3 Å². The number of carbonyl (C=O) groups is 1. The fraction of sp³-hybridized carbons (Fsp3) is 0.227. The van der Waals surface area contributed by atoms with E-state index in [1.807, 2.05) is 36.4 Å². The van der Waals surface area contributed by atoms with E-state index in [9.17, 15) is 9.59 Å². The molecule has 9 heteroatoms. The predicted molar refractivity (Wildman–Crippen MR) is 122 cm³/mol. The van der Waals surface area contributed by atoms with E-state index in [-0.39, 0.29) is 18.0 Å². The van der Waals surface area contributed by atoms with E-state index in [1.54, 1.807) is 14.2 Å². The van der Waals surface area contributed by atoms with Crippen LogP contribution in [-0.4, -0.2) is 41.2 Å². The van der Waals surface area contributed by atoms with Crippen LogP contribution in [0, 0.1) is 0 Å². The molecule has 0 aliphatic rings. The second kappa shape index (κ2) is 8.81. The molecular weight excluding hydrogens is 464 g/mol. The zero-order valence-electron chi connectivity index (χ0n) is 17.1. The molecule has 0 radical (unpaired) electrons. The summed E-state index contributed by atoms with van der Waals surface area (Å²) in [7, 11) is 3.17. The highest BCUT2D eigenvalue weighted by atomic mass is 79.9. The van der Waals surface area contributed by atoms with Crippen LogP contribution in [0.2, 0.25) is 0 Å². The minimum absolute atomic E-state index is 0.104. The molecule has 4 aromatic rings. The molecule has 8 nitrogen and oxygen atoms in total. The summed E-state index contributed by atoms with van der Waals surface area (Å²) in [6.07, 6.45) is 2.03. The molecule has 2 aromatic carbocycles. The first-order valence-electron chi connectivity index (χ1n) is 9.64. The summed E-state index contributed by atoms with van der Waals surface area (Å²) < 4.78 is 12.7. The normalized spacial score (nSPS) is 11.1. The number of fused-ring (bicyclic) bond motifs is 3. The van der Waals surface area contributed by atoms with Crippen molar-refractivity contribution in [3.8, 4) is 11.5 Å². The molecule has 0 bridgehead atoms. The van der Waals surface area contributed by atoms with Crippen LogP contribution in [0.5, 0.6) is 11.5 Å². The van der Waals surface area contributed by atoms with Crippen molar-refractivity contribution in [1.82, 2.24) is 19.9 Å². The van der Waals surface area contributed by atoms with Gasteiger partial charge in [-0.3, -0.25) is 14.2 Å². The van der Waals surface area contributed by atoms with E-state index < -0.39 is 0 Å². The van der Waals surface area contributed by atoms with Gasteiger partial charge in [-0.25, -0.2) is 4.98 Å². The summed E-state index contributed by atoms with van der Waals surface area (Å²) in [5.41, 5.74) is 2.51. The highest BCUT2D eigenvalue weighted by Gasteiger charge is 2.13. The molecule has 0 aliphatic carbocycles. The van der Waals surface area contributed by atoms with Crippen molar-refractivity contribution in [2.45, 2.75) is 13.0 Å². The number of nitrogens with zero attached hydrogens (tertiary/aromatic N) is 2. The lowest BCUT2D eigenvalue weighted by Gasteiger charge is -2.10. The van der Waals surface area contributed by atoms with Crippen molar-refractivity contribution in [1.29, 1.82) is 0 Å². The first kappa shape index (κ1) is 20.9. The number of aromatic amines is 1. The van der Waals surface area contributed by atoms with E-state index in [0.29, 0.717) is 35.5 Å². The average Bonchev–Trinajstić information content (AvgIpc) is 3.14. The van der Waals surface area contributed by atoms with Gasteiger partial charge in [0, 0.05) is 21.9 Å². The summed E-state index contributed by atoms with van der Waals surface area (Å²) >= 11 is 3.43. The maximum Gasteiger partial charge on any atom is 0.278 e. The lowest BCUT2D eigenvalue weighted by Crippen LogP contribution is -2.33. The standard InChI is InChI=1S/C22H21BrN4O4/c1-30-17-6-3-13(9-18(17)31-2)7-8-24-19(28)11-27-12-25-20-15-10-14(23)4-5-16(15)26-21(20)22(27)29/h3-6,9-10,12,26H,7-8,11H2,1-2H3,(H,24,28). The van der Waals surface area contributed by atoms with E-state index in [1.165, 1.54) is 10.9 Å². The molecule has 0 saturated carbocycles. The molecule has 0 fully saturated rings. The number of nitrogens with one attached hydrogen (secondary N) is 2. The van der Waals surface area contributed by atoms with Crippen LogP contribution in [-0.2, 0) is 17.8 Å². The van der Waals surface area contributed by atoms with Crippen molar-refractivity contribution in [3.63, 3.8) is 0 Å². The van der Waals surface area contributed by atoms with Crippen LogP contribution in [0.15, 0.2) is 52.0 Å². The molecule has 2 N–H and O–H groups in total. The van der Waals surface area contributed by atoms with Crippen molar-refractivity contribution in [3.05, 3.63) is 63.1 Å². The zero-order valence-corrected chi connectivity index (χ0v) is 18.7. The van der Waals surface area contributed by atoms with E-state index in [2.05, 4.69) is 31.2 Å². The van der Waals surface area contributed by atoms with Crippen LogP contribution in [0.1, 0.15) is 5.56 Å². The van der Waals surface area contributed by atoms with Crippen molar-refractivity contribution in [2.75, 3.05) is 20.8 Å². The average molecular weight is 485 g/mol. The molecule has 4 rings (SSSR count). The molecule has 2 heterocycles. The molecule has 31 heavy (non-hydrogen) atoms. The van der Waals surface area contributed by atoms with Gasteiger partial charge < -0.3 is 19.8 Å². The molecule has 0 unspecified atom stereocenters. The number of hydrogen-bond acceptors (Lipinski definition) is 5. The van der Waals surface area contributed by atoms with Gasteiger partial charge in [0.25, 0.3) is 5.56 Å². The number of benzene rings is 2. The minimum atomic E-state index is -0.285. The second-order valence-corrected chi connectivity index (χ2v) is 7.92. The molecule has 0 saturated heterocycles. The third kappa shape index (κ3) is 4.27.